The Labute approximate surface area is 315 Å². The minimum atomic E-state index is -1.20. The monoisotopic (exact) mass is 756 g/mol. The smallest absolute Gasteiger partial charge is 0.341 e. The molecule has 0 unspecified atom stereocenters. The van der Waals surface area contributed by atoms with Crippen LogP contribution in [0.2, 0.25) is 0 Å². The first-order valence-electron chi connectivity index (χ1n) is 16.9. The zero-order valence-electron chi connectivity index (χ0n) is 30.6. The van der Waals surface area contributed by atoms with Gasteiger partial charge in [0, 0.05) is 24.0 Å². The Hall–Kier alpha value is -6.70. The quantitative estimate of drug-likeness (QED) is 0.0855. The molecule has 0 aliphatic carbocycles. The normalized spacial score (nSPS) is 10.7. The Morgan fingerprint density at radius 2 is 0.855 bits per heavy atom. The van der Waals surface area contributed by atoms with Crippen LogP contribution in [-0.4, -0.2) is 83.3 Å². The Kier molecular flexibility index (Phi) is 13.7. The third kappa shape index (κ3) is 10.7. The first-order valence-corrected chi connectivity index (χ1v) is 16.9. The van der Waals surface area contributed by atoms with E-state index >= 15 is 0 Å². The molecule has 288 valence electrons. The second-order valence-corrected chi connectivity index (χ2v) is 12.8. The molecule has 0 radical (unpaired) electrons. The summed E-state index contributed by atoms with van der Waals surface area (Å²) in [7, 11) is 0. The van der Waals surface area contributed by atoms with Gasteiger partial charge in [-0.25, -0.2) is 19.2 Å². The molecule has 0 amide bonds. The van der Waals surface area contributed by atoms with Gasteiger partial charge in [-0.15, -0.1) is 0 Å². The van der Waals surface area contributed by atoms with E-state index < -0.39 is 50.3 Å². The Bertz CT molecular complexity index is 2000. The van der Waals surface area contributed by atoms with E-state index in [1.807, 2.05) is 26.0 Å². The number of carbonyl (C=O) groups excluding carboxylic acids is 2. The summed E-state index contributed by atoms with van der Waals surface area (Å²) in [5.74, 6) is -3.78. The van der Waals surface area contributed by atoms with Crippen LogP contribution < -0.4 is 18.9 Å². The van der Waals surface area contributed by atoms with E-state index in [1.165, 1.54) is 12.1 Å². The van der Waals surface area contributed by atoms with Gasteiger partial charge in [0.25, 0.3) is 0 Å². The molecule has 0 saturated heterocycles. The highest BCUT2D eigenvalue weighted by atomic mass is 16.5. The number of benzene rings is 4. The van der Waals surface area contributed by atoms with Gasteiger partial charge in [0.05, 0.1) is 11.1 Å². The topological polar surface area (TPSA) is 220 Å². The van der Waals surface area contributed by atoms with Crippen molar-refractivity contribution in [2.45, 2.75) is 47.0 Å². The summed E-state index contributed by atoms with van der Waals surface area (Å²) in [5.41, 5.74) is 7.63. The molecular formula is C41H40O14. The van der Waals surface area contributed by atoms with E-state index in [0.29, 0.717) is 63.9 Å². The number of carboxylic acid groups (broad SMARTS) is 4. The van der Waals surface area contributed by atoms with E-state index in [9.17, 15) is 39.0 Å². The lowest BCUT2D eigenvalue weighted by Crippen LogP contribution is -2.14. The summed E-state index contributed by atoms with van der Waals surface area (Å²) in [6, 6.07) is 13.3. The van der Waals surface area contributed by atoms with Gasteiger partial charge in [0.2, 0.25) is 0 Å². The molecule has 0 atom stereocenters. The zero-order valence-corrected chi connectivity index (χ0v) is 30.6. The summed E-state index contributed by atoms with van der Waals surface area (Å²) >= 11 is 0. The van der Waals surface area contributed by atoms with Crippen LogP contribution in [0.5, 0.6) is 23.0 Å². The average Bonchev–Trinajstić information content (AvgIpc) is 3.13. The maximum absolute atomic E-state index is 11.9. The molecule has 0 aromatic heterocycles. The molecule has 0 heterocycles. The van der Waals surface area contributed by atoms with Gasteiger partial charge in [-0.3, -0.25) is 9.59 Å². The molecule has 0 aliphatic rings. The summed E-state index contributed by atoms with van der Waals surface area (Å²) in [5, 5.41) is 36.8. The molecule has 0 spiro atoms. The van der Waals surface area contributed by atoms with Crippen molar-refractivity contribution in [1.82, 2.24) is 0 Å². The van der Waals surface area contributed by atoms with Crippen LogP contribution in [0.3, 0.4) is 0 Å². The Morgan fingerprint density at radius 3 is 1.18 bits per heavy atom. The predicted octanol–water partition coefficient (Wildman–Crippen LogP) is 5.17. The van der Waals surface area contributed by atoms with Crippen LogP contribution >= 0.6 is 0 Å². The highest BCUT2D eigenvalue weighted by Gasteiger charge is 2.22. The van der Waals surface area contributed by atoms with Crippen LogP contribution in [0.4, 0.5) is 0 Å². The van der Waals surface area contributed by atoms with E-state index in [2.05, 4.69) is 0 Å². The SMILES string of the molecule is Cc1cc(Cc2cc(C)c(OCC(=O)O)c(Cc3ccc(OCC(=O)O)c(C=O)c3)c2C)c(C)c(Cc2ccc(OCC(=O)O)c(C=O)c2)c1OCC(=O)O. The van der Waals surface area contributed by atoms with E-state index in [1.54, 1.807) is 38.1 Å². The summed E-state index contributed by atoms with van der Waals surface area (Å²) in [6.07, 6.45) is 1.97. The molecule has 4 aromatic carbocycles. The molecule has 4 aromatic rings. The lowest BCUT2D eigenvalue weighted by Gasteiger charge is -2.22. The van der Waals surface area contributed by atoms with Crippen LogP contribution in [0.25, 0.3) is 0 Å². The summed E-state index contributed by atoms with van der Waals surface area (Å²) in [4.78, 5) is 68.9. The number of carboxylic acids is 4. The fourth-order valence-corrected chi connectivity index (χ4v) is 6.29. The highest BCUT2D eigenvalue weighted by Crippen LogP contribution is 2.37. The zero-order chi connectivity index (χ0) is 40.4. The lowest BCUT2D eigenvalue weighted by molar-refractivity contribution is -0.140. The number of rotatable bonds is 20. The molecule has 0 bridgehead atoms. The van der Waals surface area contributed by atoms with Gasteiger partial charge < -0.3 is 39.4 Å². The van der Waals surface area contributed by atoms with Gasteiger partial charge in [-0.2, -0.15) is 0 Å². The first kappa shape index (κ1) is 41.1. The maximum atomic E-state index is 11.9. The number of carbonyl (C=O) groups is 6. The molecule has 0 saturated carbocycles. The van der Waals surface area contributed by atoms with Crippen molar-refractivity contribution in [3.05, 3.63) is 115 Å². The van der Waals surface area contributed by atoms with Gasteiger partial charge in [-0.05, 0) is 103 Å². The second-order valence-electron chi connectivity index (χ2n) is 12.8. The minimum Gasteiger partial charge on any atom is -0.481 e. The van der Waals surface area contributed by atoms with Crippen molar-refractivity contribution in [1.29, 1.82) is 0 Å². The highest BCUT2D eigenvalue weighted by molar-refractivity contribution is 5.81. The Balaban J connectivity index is 1.80. The van der Waals surface area contributed by atoms with Crippen LogP contribution in [0.1, 0.15) is 76.4 Å². The van der Waals surface area contributed by atoms with Gasteiger partial charge >= 0.3 is 23.9 Å². The number of hydrogen-bond donors (Lipinski definition) is 4. The predicted molar refractivity (Wildman–Crippen MR) is 196 cm³/mol. The van der Waals surface area contributed by atoms with Crippen molar-refractivity contribution in [3.63, 3.8) is 0 Å². The van der Waals surface area contributed by atoms with Crippen molar-refractivity contribution in [3.8, 4) is 23.0 Å². The first-order chi connectivity index (χ1) is 26.1. The molecule has 55 heavy (non-hydrogen) atoms. The number of aliphatic carboxylic acids is 4. The fourth-order valence-electron chi connectivity index (χ4n) is 6.29. The summed E-state index contributed by atoms with van der Waals surface area (Å²) < 4.78 is 22.1. The largest absolute Gasteiger partial charge is 0.481 e. The van der Waals surface area contributed by atoms with Gasteiger partial charge in [0.1, 0.15) is 23.0 Å². The van der Waals surface area contributed by atoms with Crippen LogP contribution in [0, 0.1) is 27.7 Å². The van der Waals surface area contributed by atoms with Gasteiger partial charge in [-0.1, -0.05) is 24.3 Å². The fraction of sp³-hybridized carbons (Fsp3) is 0.268. The lowest BCUT2D eigenvalue weighted by atomic mass is 9.86. The van der Waals surface area contributed by atoms with Crippen LogP contribution in [0.15, 0.2) is 48.5 Å². The molecule has 0 fully saturated rings. The maximum Gasteiger partial charge on any atom is 0.341 e. The molecule has 4 N–H and O–H groups in total. The van der Waals surface area contributed by atoms with Crippen molar-refractivity contribution >= 4 is 36.4 Å². The number of ether oxygens (including phenoxy) is 4. The third-order valence-electron chi connectivity index (χ3n) is 8.84. The van der Waals surface area contributed by atoms with Gasteiger partial charge in [0.15, 0.2) is 39.0 Å². The van der Waals surface area contributed by atoms with Crippen LogP contribution in [-0.2, 0) is 38.4 Å². The number of hydrogen-bond acceptors (Lipinski definition) is 10. The molecule has 14 nitrogen and oxygen atoms in total. The molecule has 0 aliphatic heterocycles. The molecular weight excluding hydrogens is 716 g/mol. The second kappa shape index (κ2) is 18.4. The van der Waals surface area contributed by atoms with E-state index in [-0.39, 0.29) is 35.5 Å². The minimum absolute atomic E-state index is 0.104. The standard InChI is InChI=1S/C41H40O14/c1-22-9-28(24(3)32(40(22)54-20-38(48)49)13-26-5-7-34(30(11-26)16-42)52-18-36(44)45)15-29-10-23(2)41(55-21-39(50)51)33(25(29)4)14-27-6-8-35(31(12-27)17-43)53-19-37(46)47/h5-12,16-17H,13-15,18-21H2,1-4H3,(H,44,45)(H,46,47)(H,48,49)(H,50,51). The Morgan fingerprint density at radius 1 is 0.509 bits per heavy atom. The average molecular weight is 757 g/mol. The van der Waals surface area contributed by atoms with E-state index in [0.717, 1.165) is 22.3 Å². The van der Waals surface area contributed by atoms with Crippen molar-refractivity contribution in [2.24, 2.45) is 0 Å². The molecule has 4 rings (SSSR count). The number of aryl methyl sites for hydroxylation is 2. The summed E-state index contributed by atoms with van der Waals surface area (Å²) in [6.45, 7) is 4.91. The molecule has 14 heteroatoms. The third-order valence-corrected chi connectivity index (χ3v) is 8.84. The number of aldehydes is 2. The van der Waals surface area contributed by atoms with Crippen molar-refractivity contribution in [2.75, 3.05) is 26.4 Å². The van der Waals surface area contributed by atoms with Crippen molar-refractivity contribution < 1.29 is 68.1 Å². The van der Waals surface area contributed by atoms with E-state index in [4.69, 9.17) is 29.2 Å².